The van der Waals surface area contributed by atoms with Gasteiger partial charge >= 0.3 is 12.0 Å². The monoisotopic (exact) mass is 1340 g/mol. The zero-order chi connectivity index (χ0) is 71.6. The van der Waals surface area contributed by atoms with Gasteiger partial charge in [0, 0.05) is 122 Å². The third-order valence-corrected chi connectivity index (χ3v) is 19.9. The molecule has 22 heteroatoms. The Bertz CT molecular complexity index is 2820. The molecule has 96 heavy (non-hydrogen) atoms. The average molecular weight is 1340 g/mol. The number of esters is 1. The van der Waals surface area contributed by atoms with Crippen LogP contribution in [0.25, 0.3) is 0 Å². The van der Waals surface area contributed by atoms with E-state index < -0.39 is 65.9 Å². The molecule has 0 saturated carbocycles. The fourth-order valence-corrected chi connectivity index (χ4v) is 14.1. The third kappa shape index (κ3) is 25.0. The molecule has 0 radical (unpaired) electrons. The van der Waals surface area contributed by atoms with Crippen molar-refractivity contribution in [1.82, 2.24) is 30.7 Å². The molecule has 13 atom stereocenters. The van der Waals surface area contributed by atoms with Crippen molar-refractivity contribution in [2.45, 2.75) is 202 Å². The Kier molecular flexibility index (Phi) is 34.4. The first-order valence-electron chi connectivity index (χ1n) is 35.2. The second-order valence-corrected chi connectivity index (χ2v) is 28.5. The van der Waals surface area contributed by atoms with Crippen molar-refractivity contribution in [2.24, 2.45) is 59.0 Å². The van der Waals surface area contributed by atoms with Gasteiger partial charge in [-0.3, -0.25) is 48.1 Å². The van der Waals surface area contributed by atoms with E-state index in [0.717, 1.165) is 12.1 Å². The van der Waals surface area contributed by atoms with Crippen LogP contribution in [0.4, 0.5) is 10.5 Å². The summed E-state index contributed by atoms with van der Waals surface area (Å²) in [6.45, 7) is 23.9. The van der Waals surface area contributed by atoms with Gasteiger partial charge in [-0.1, -0.05) is 111 Å². The van der Waals surface area contributed by atoms with E-state index in [0.29, 0.717) is 80.4 Å². The number of primary amides is 1. The Morgan fingerprint density at radius 3 is 1.97 bits per heavy atom. The molecule has 2 unspecified atom stereocenters. The van der Waals surface area contributed by atoms with Crippen molar-refractivity contribution >= 4 is 64.6 Å². The van der Waals surface area contributed by atoms with Crippen LogP contribution in [0.3, 0.4) is 0 Å². The Morgan fingerprint density at radius 2 is 1.41 bits per heavy atom. The van der Waals surface area contributed by atoms with Gasteiger partial charge in [0.2, 0.25) is 29.5 Å². The van der Waals surface area contributed by atoms with E-state index in [4.69, 9.17) is 19.9 Å². The molecule has 22 nitrogen and oxygen atoms in total. The minimum atomic E-state index is -0.843. The number of rotatable bonds is 42. The number of piperidine rings is 1. The van der Waals surface area contributed by atoms with Gasteiger partial charge in [-0.15, -0.1) is 13.0 Å². The number of Topliss-reactive ketones (excluding diaryl/α,β-unsaturated/α-hetero) is 3. The summed E-state index contributed by atoms with van der Waals surface area (Å²) in [7, 11) is 10.7. The van der Waals surface area contributed by atoms with Gasteiger partial charge < -0.3 is 55.5 Å². The number of nitrogens with one attached hydrogen (secondary N) is 4. The van der Waals surface area contributed by atoms with E-state index in [9.17, 15) is 47.9 Å². The van der Waals surface area contributed by atoms with Crippen molar-refractivity contribution in [3.8, 4) is 0 Å². The number of hydrogen-bond donors (Lipinski definition) is 5. The molecule has 7 amide bonds. The number of ketones is 3. The maximum atomic E-state index is 14.7. The Labute approximate surface area is 573 Å². The highest BCUT2D eigenvalue weighted by molar-refractivity contribution is 5.97. The summed E-state index contributed by atoms with van der Waals surface area (Å²) >= 11 is 0. The van der Waals surface area contributed by atoms with Gasteiger partial charge in [0.05, 0.1) is 62.5 Å². The maximum absolute atomic E-state index is 14.7. The van der Waals surface area contributed by atoms with Crippen LogP contribution < -0.4 is 27.0 Å². The number of nitrogens with zero attached hydrogens (tertiary/aromatic N) is 4. The Morgan fingerprint density at radius 1 is 0.740 bits per heavy atom. The van der Waals surface area contributed by atoms with Crippen LogP contribution in [0.15, 0.2) is 54.6 Å². The number of nitrogens with two attached hydrogens (primary N) is 1. The lowest BCUT2D eigenvalue weighted by Crippen LogP contribution is -2.54. The fourth-order valence-electron chi connectivity index (χ4n) is 14.1. The van der Waals surface area contributed by atoms with Gasteiger partial charge in [0.15, 0.2) is 11.6 Å². The second kappa shape index (κ2) is 40.3. The molecular weight excluding hydrogens is 1220 g/mol. The molecule has 2 aromatic rings. The van der Waals surface area contributed by atoms with Gasteiger partial charge in [0.25, 0.3) is 0 Å². The number of carbonyl (C=O) groups is 10. The highest BCUT2D eigenvalue weighted by Crippen LogP contribution is 2.33. The van der Waals surface area contributed by atoms with E-state index >= 15 is 0 Å². The van der Waals surface area contributed by atoms with Gasteiger partial charge in [0.1, 0.15) is 5.78 Å². The molecule has 2 aliphatic rings. The molecule has 2 fully saturated rings. The number of benzene rings is 2. The molecule has 6 N–H and O–H groups in total. The molecule has 4 rings (SSSR count). The maximum Gasteiger partial charge on any atom is 0.312 e. The molecule has 0 spiro atoms. The molecule has 0 bridgehead atoms. The predicted molar refractivity (Wildman–Crippen MR) is 372 cm³/mol. The zero-order valence-electron chi connectivity index (χ0n) is 60.7. The lowest BCUT2D eigenvalue weighted by molar-refractivity contribution is -0.886. The average Bonchev–Trinajstić information content (AvgIpc) is 1.48. The number of carbonyl (C=O) groups excluding carboxylic acids is 10. The van der Waals surface area contributed by atoms with E-state index in [1.165, 1.54) is 0 Å². The smallest absolute Gasteiger partial charge is 0.312 e. The van der Waals surface area contributed by atoms with Crippen LogP contribution in [-0.4, -0.2) is 190 Å². The third-order valence-electron chi connectivity index (χ3n) is 19.9. The molecule has 2 heterocycles. The number of urea groups is 1. The number of likely N-dealkylation sites (N-methyl/N-ethyl adjacent to an activating group) is 2. The van der Waals surface area contributed by atoms with Crippen molar-refractivity contribution in [2.75, 3.05) is 80.5 Å². The number of methoxy groups -OCH3 is 2. The van der Waals surface area contributed by atoms with Crippen LogP contribution in [0.2, 0.25) is 0 Å². The van der Waals surface area contributed by atoms with Crippen LogP contribution in [0.1, 0.15) is 164 Å². The van der Waals surface area contributed by atoms with Crippen molar-refractivity contribution < 1.29 is 66.6 Å². The number of ether oxygens (including phenoxy) is 3. The van der Waals surface area contributed by atoms with Crippen LogP contribution >= 0.6 is 0 Å². The SMILES string of the molecule is CCOC(=O)C1C[CH-][N+](C)(CCCC(=O)N[C@H](C(=O)C[C@@H](CCCNC(N)=O)C(=O)Nc2ccc(CNC(=O)[C@@H](CC(=O)[C@H](C)[C@@H](OC)[C@@H]3CCCN3C(=O)C[C@@H](OC)[C@H]([C@@H](C)CC)N(C)C(=O)[C@@H](CC(=O)[C@H](C(C)C)N(C)C)C(C)C)Cc3ccccc3)cc2)C(C)C)CC1. The summed E-state index contributed by atoms with van der Waals surface area (Å²) in [5.41, 5.74) is 7.35. The van der Waals surface area contributed by atoms with Gasteiger partial charge in [-0.25, -0.2) is 4.79 Å². The Hall–Kier alpha value is -6.62. The van der Waals surface area contributed by atoms with E-state index in [-0.39, 0.29) is 141 Å². The highest BCUT2D eigenvalue weighted by atomic mass is 16.5. The quantitative estimate of drug-likeness (QED) is 0.0181. The topological polar surface area (TPSA) is 282 Å². The minimum absolute atomic E-state index is 0.0166. The molecule has 2 saturated heterocycles. The second-order valence-electron chi connectivity index (χ2n) is 28.5. The number of quaternary nitrogens is 1. The largest absolute Gasteiger partial charge is 0.466 e. The summed E-state index contributed by atoms with van der Waals surface area (Å²) < 4.78 is 18.1. The molecule has 2 aliphatic heterocycles. The number of anilines is 1. The fraction of sp³-hybridized carbons (Fsp3) is 0.689. The van der Waals surface area contributed by atoms with Crippen molar-refractivity contribution in [1.29, 1.82) is 0 Å². The summed E-state index contributed by atoms with van der Waals surface area (Å²) in [5.74, 6) is -5.42. The molecule has 538 valence electrons. The standard InChI is InChI=1S/C74H119N9O13/c1-17-50(9)68(81(13)72(91)58(47(3)4)44-62(86)67(49(7)8)80(11)12)63(94-15)45-65(88)82-37-23-28-59(82)69(95-16)51(10)60(84)43-56(41-52-25-20-19-21-26-52)70(89)77-46-53-30-32-57(33-31-53)78-71(90)55(27-22-36-76-74(75)93)42-61(85)66(48(5)6)79-64(87)29-24-38-83(14)39-34-54(35-40-83)73(92)96-18-2/h19-21,25-26,30-33,39,47-51,54-56,58-59,63,66-69H,17-18,22-24,27-29,34-38,40-46H2,1-16H3,(H,77,89)(H,78,90)(H,79,87)(H3,75,76,93)/t50-,51-,54?,55+,56+,58-,59-,63+,66-,67-,68-,69+,83?/m0/s1. The summed E-state index contributed by atoms with van der Waals surface area (Å²) in [6.07, 6.45) is 3.38. The minimum Gasteiger partial charge on any atom is -0.466 e. The first-order valence-corrected chi connectivity index (χ1v) is 35.2. The summed E-state index contributed by atoms with van der Waals surface area (Å²) in [6, 6.07) is 13.6. The van der Waals surface area contributed by atoms with Crippen molar-refractivity contribution in [3.05, 3.63) is 72.3 Å². The predicted octanol–water partition coefficient (Wildman–Crippen LogP) is 8.32. The van der Waals surface area contributed by atoms with E-state index in [1.54, 1.807) is 69.2 Å². The van der Waals surface area contributed by atoms with Gasteiger partial charge in [-0.2, -0.15) is 0 Å². The summed E-state index contributed by atoms with van der Waals surface area (Å²) in [4.78, 5) is 143. The van der Waals surface area contributed by atoms with E-state index in [2.05, 4.69) is 34.9 Å². The Balaban J connectivity index is 1.42. The lowest BCUT2D eigenvalue weighted by Gasteiger charge is -2.49. The number of likely N-dealkylation sites (tertiary alicyclic amines) is 2. The molecule has 0 aliphatic carbocycles. The normalized spacial score (nSPS) is 19.6. The number of amides is 7. The first-order chi connectivity index (χ1) is 45.4. The van der Waals surface area contributed by atoms with E-state index in [1.807, 2.05) is 105 Å². The van der Waals surface area contributed by atoms with Crippen LogP contribution in [0.5, 0.6) is 0 Å². The van der Waals surface area contributed by atoms with Crippen LogP contribution in [0, 0.1) is 59.8 Å². The lowest BCUT2D eigenvalue weighted by atomic mass is 9.83. The van der Waals surface area contributed by atoms with Gasteiger partial charge in [-0.05, 0) is 100 Å². The molecule has 2 aromatic carbocycles. The van der Waals surface area contributed by atoms with Crippen LogP contribution in [-0.2, 0) is 70.3 Å². The zero-order valence-corrected chi connectivity index (χ0v) is 60.7. The number of hydrogen-bond acceptors (Lipinski definition) is 14. The summed E-state index contributed by atoms with van der Waals surface area (Å²) in [5, 5.41) is 11.5. The molecule has 0 aromatic heterocycles. The highest BCUT2D eigenvalue weighted by Gasteiger charge is 2.44. The van der Waals surface area contributed by atoms with Crippen molar-refractivity contribution in [3.63, 3.8) is 0 Å². The molecular formula is C74H119N9O13. The first kappa shape index (κ1) is 81.8.